The maximum absolute atomic E-state index is 12.6. The van der Waals surface area contributed by atoms with Crippen molar-refractivity contribution in [3.05, 3.63) is 35.4 Å². The maximum atomic E-state index is 12.6. The number of hydrogen-bond donors (Lipinski definition) is 2. The SMILES string of the molecule is CCC1CCC(CN)(C(O)c2ccc(C(F)F)cc2)CC1. The average molecular weight is 297 g/mol. The molecule has 21 heavy (non-hydrogen) atoms. The van der Waals surface area contributed by atoms with E-state index in [0.717, 1.165) is 31.6 Å². The molecule has 1 atom stereocenters. The Morgan fingerprint density at radius 3 is 2.14 bits per heavy atom. The lowest BCUT2D eigenvalue weighted by Crippen LogP contribution is -2.40. The third-order valence-corrected chi connectivity index (χ3v) is 5.17. The molecule has 1 unspecified atom stereocenters. The standard InChI is InChI=1S/C17H25F2NO/c1-2-12-7-9-17(11-20,10-8-12)15(21)13-3-5-14(6-4-13)16(18)19/h3-6,12,15-16,21H,2,7-11,20H2,1H3. The smallest absolute Gasteiger partial charge is 0.263 e. The molecule has 1 aliphatic carbocycles. The van der Waals surface area contributed by atoms with Gasteiger partial charge in [0.05, 0.1) is 6.10 Å². The Balaban J connectivity index is 2.14. The summed E-state index contributed by atoms with van der Waals surface area (Å²) in [7, 11) is 0. The van der Waals surface area contributed by atoms with Crippen LogP contribution in [0.3, 0.4) is 0 Å². The van der Waals surface area contributed by atoms with Gasteiger partial charge in [0.1, 0.15) is 0 Å². The number of halogens is 2. The molecule has 118 valence electrons. The van der Waals surface area contributed by atoms with Gasteiger partial charge in [0, 0.05) is 17.5 Å². The van der Waals surface area contributed by atoms with Gasteiger partial charge < -0.3 is 10.8 Å². The van der Waals surface area contributed by atoms with Crippen LogP contribution in [-0.2, 0) is 0 Å². The third kappa shape index (κ3) is 3.43. The molecule has 3 N–H and O–H groups in total. The molecule has 1 aromatic carbocycles. The van der Waals surface area contributed by atoms with E-state index in [1.165, 1.54) is 18.6 Å². The van der Waals surface area contributed by atoms with Crippen molar-refractivity contribution in [2.24, 2.45) is 17.1 Å². The minimum atomic E-state index is -2.47. The molecule has 0 saturated heterocycles. The molecule has 0 aromatic heterocycles. The Labute approximate surface area is 125 Å². The largest absolute Gasteiger partial charge is 0.388 e. The minimum absolute atomic E-state index is 0.0116. The van der Waals surface area contributed by atoms with Gasteiger partial charge in [0.25, 0.3) is 6.43 Å². The fourth-order valence-corrected chi connectivity index (χ4v) is 3.43. The molecule has 1 aliphatic rings. The molecular formula is C17H25F2NO. The first kappa shape index (κ1) is 16.4. The zero-order valence-corrected chi connectivity index (χ0v) is 12.6. The van der Waals surface area contributed by atoms with E-state index in [-0.39, 0.29) is 11.0 Å². The number of hydrogen-bond acceptors (Lipinski definition) is 2. The van der Waals surface area contributed by atoms with Crippen LogP contribution < -0.4 is 5.73 Å². The Morgan fingerprint density at radius 2 is 1.71 bits per heavy atom. The van der Waals surface area contributed by atoms with Crippen molar-refractivity contribution in [2.45, 2.75) is 51.6 Å². The zero-order valence-electron chi connectivity index (χ0n) is 12.6. The van der Waals surface area contributed by atoms with Crippen molar-refractivity contribution in [1.82, 2.24) is 0 Å². The normalized spacial score (nSPS) is 27.8. The molecule has 0 amide bonds. The Morgan fingerprint density at radius 1 is 1.19 bits per heavy atom. The Kier molecular flexibility index (Phi) is 5.33. The molecule has 4 heteroatoms. The fourth-order valence-electron chi connectivity index (χ4n) is 3.43. The van der Waals surface area contributed by atoms with Crippen LogP contribution >= 0.6 is 0 Å². The highest BCUT2D eigenvalue weighted by Crippen LogP contribution is 2.47. The minimum Gasteiger partial charge on any atom is -0.388 e. The van der Waals surface area contributed by atoms with Gasteiger partial charge in [0.15, 0.2) is 0 Å². The second-order valence-corrected chi connectivity index (χ2v) is 6.29. The van der Waals surface area contributed by atoms with Gasteiger partial charge in [-0.05, 0) is 37.2 Å². The van der Waals surface area contributed by atoms with E-state index < -0.39 is 12.5 Å². The van der Waals surface area contributed by atoms with E-state index in [9.17, 15) is 13.9 Å². The second kappa shape index (κ2) is 6.84. The number of benzene rings is 1. The molecule has 1 fully saturated rings. The van der Waals surface area contributed by atoms with Crippen LogP contribution in [0.25, 0.3) is 0 Å². The number of aliphatic hydroxyl groups excluding tert-OH is 1. The number of rotatable bonds is 5. The van der Waals surface area contributed by atoms with Crippen LogP contribution in [0.15, 0.2) is 24.3 Å². The van der Waals surface area contributed by atoms with Crippen molar-refractivity contribution in [3.8, 4) is 0 Å². The van der Waals surface area contributed by atoms with Gasteiger partial charge in [-0.3, -0.25) is 0 Å². The van der Waals surface area contributed by atoms with Gasteiger partial charge in [-0.25, -0.2) is 8.78 Å². The van der Waals surface area contributed by atoms with Crippen LogP contribution in [0.2, 0.25) is 0 Å². The predicted molar refractivity (Wildman–Crippen MR) is 80.1 cm³/mol. The van der Waals surface area contributed by atoms with Crippen molar-refractivity contribution < 1.29 is 13.9 Å². The summed E-state index contributed by atoms with van der Waals surface area (Å²) >= 11 is 0. The topological polar surface area (TPSA) is 46.2 Å². The van der Waals surface area contributed by atoms with Gasteiger partial charge in [-0.15, -0.1) is 0 Å². The monoisotopic (exact) mass is 297 g/mol. The van der Waals surface area contributed by atoms with E-state index in [4.69, 9.17) is 5.73 Å². The molecular weight excluding hydrogens is 272 g/mol. The summed E-state index contributed by atoms with van der Waals surface area (Å²) in [4.78, 5) is 0. The molecule has 2 nitrogen and oxygen atoms in total. The molecule has 0 heterocycles. The summed E-state index contributed by atoms with van der Waals surface area (Å²) in [5, 5.41) is 10.7. The highest BCUT2D eigenvalue weighted by Gasteiger charge is 2.40. The molecule has 0 bridgehead atoms. The van der Waals surface area contributed by atoms with E-state index in [1.807, 2.05) is 0 Å². The van der Waals surface area contributed by atoms with Crippen molar-refractivity contribution in [2.75, 3.05) is 6.54 Å². The highest BCUT2D eigenvalue weighted by atomic mass is 19.3. The summed E-state index contributed by atoms with van der Waals surface area (Å²) in [6.45, 7) is 2.63. The maximum Gasteiger partial charge on any atom is 0.263 e. The van der Waals surface area contributed by atoms with Crippen molar-refractivity contribution in [1.29, 1.82) is 0 Å². The van der Waals surface area contributed by atoms with Gasteiger partial charge in [-0.2, -0.15) is 0 Å². The second-order valence-electron chi connectivity index (χ2n) is 6.29. The quantitative estimate of drug-likeness (QED) is 0.855. The van der Waals surface area contributed by atoms with Crippen LogP contribution in [0.4, 0.5) is 8.78 Å². The van der Waals surface area contributed by atoms with E-state index in [0.29, 0.717) is 12.1 Å². The first-order valence-corrected chi connectivity index (χ1v) is 7.78. The van der Waals surface area contributed by atoms with Crippen LogP contribution in [0, 0.1) is 11.3 Å². The van der Waals surface area contributed by atoms with Crippen molar-refractivity contribution >= 4 is 0 Å². The molecule has 1 aromatic rings. The van der Waals surface area contributed by atoms with Crippen LogP contribution in [-0.4, -0.2) is 11.7 Å². The average Bonchev–Trinajstić information content (AvgIpc) is 2.54. The van der Waals surface area contributed by atoms with E-state index >= 15 is 0 Å². The third-order valence-electron chi connectivity index (χ3n) is 5.17. The summed E-state index contributed by atoms with van der Waals surface area (Å²) in [6.07, 6.45) is 1.99. The highest BCUT2D eigenvalue weighted by molar-refractivity contribution is 5.26. The lowest BCUT2D eigenvalue weighted by atomic mass is 9.65. The molecule has 1 saturated carbocycles. The van der Waals surface area contributed by atoms with E-state index in [1.54, 1.807) is 12.1 Å². The molecule has 0 aliphatic heterocycles. The number of aliphatic hydroxyl groups is 1. The van der Waals surface area contributed by atoms with E-state index in [2.05, 4.69) is 6.92 Å². The summed E-state index contributed by atoms with van der Waals surface area (Å²) < 4.78 is 25.2. The fraction of sp³-hybridized carbons (Fsp3) is 0.647. The molecule has 0 spiro atoms. The zero-order chi connectivity index (χ0) is 15.5. The predicted octanol–water partition coefficient (Wildman–Crippen LogP) is 4.20. The Bertz CT molecular complexity index is 439. The van der Waals surface area contributed by atoms with Gasteiger partial charge >= 0.3 is 0 Å². The lowest BCUT2D eigenvalue weighted by molar-refractivity contribution is -0.0103. The van der Waals surface area contributed by atoms with Crippen molar-refractivity contribution in [3.63, 3.8) is 0 Å². The van der Waals surface area contributed by atoms with Crippen LogP contribution in [0.1, 0.15) is 62.7 Å². The first-order valence-electron chi connectivity index (χ1n) is 7.78. The van der Waals surface area contributed by atoms with Crippen LogP contribution in [0.5, 0.6) is 0 Å². The van der Waals surface area contributed by atoms with Gasteiger partial charge in [0.2, 0.25) is 0 Å². The van der Waals surface area contributed by atoms with Gasteiger partial charge in [-0.1, -0.05) is 37.6 Å². The molecule has 2 rings (SSSR count). The Hall–Kier alpha value is -1.00. The summed E-state index contributed by atoms with van der Waals surface area (Å²) in [6, 6.07) is 6.00. The summed E-state index contributed by atoms with van der Waals surface area (Å²) in [5.41, 5.74) is 6.34. The first-order chi connectivity index (χ1) is 10.0. The lowest BCUT2D eigenvalue weighted by Gasteiger charge is -2.43. The summed E-state index contributed by atoms with van der Waals surface area (Å²) in [5.74, 6) is 0.720. The number of nitrogens with two attached hydrogens (primary N) is 1. The molecule has 0 radical (unpaired) electrons. The number of alkyl halides is 2.